The fourth-order valence-corrected chi connectivity index (χ4v) is 3.53. The van der Waals surface area contributed by atoms with E-state index in [9.17, 15) is 31.2 Å². The van der Waals surface area contributed by atoms with Crippen molar-refractivity contribution in [3.05, 3.63) is 53.9 Å². The third-order valence-corrected chi connectivity index (χ3v) is 5.20. The van der Waals surface area contributed by atoms with Gasteiger partial charge in [0.2, 0.25) is 10.0 Å². The summed E-state index contributed by atoms with van der Waals surface area (Å²) in [5.41, 5.74) is 0.131. The lowest BCUT2D eigenvalue weighted by atomic mass is 10.2. The second kappa shape index (κ2) is 7.20. The molecule has 1 aromatic carbocycles. The highest BCUT2D eigenvalue weighted by atomic mass is 32.2. The highest BCUT2D eigenvalue weighted by Crippen LogP contribution is 2.24. The molecule has 0 unspecified atom stereocenters. The molecule has 3 rings (SSSR count). The molecule has 0 radical (unpaired) electrons. The summed E-state index contributed by atoms with van der Waals surface area (Å²) < 4.78 is 66.7. The number of pyridine rings is 1. The van der Waals surface area contributed by atoms with Gasteiger partial charge in [0, 0.05) is 19.3 Å². The number of carbonyl (C=O) groups excluding carboxylic acids is 2. The van der Waals surface area contributed by atoms with Gasteiger partial charge in [-0.05, 0) is 36.4 Å². The molecule has 0 saturated heterocycles. The molecule has 2 amide bonds. The maximum absolute atomic E-state index is 12.2. The van der Waals surface area contributed by atoms with Crippen molar-refractivity contribution in [2.24, 2.45) is 0 Å². The van der Waals surface area contributed by atoms with Gasteiger partial charge in [-0.2, -0.15) is 0 Å². The normalized spacial score (nSPS) is 14.3. The van der Waals surface area contributed by atoms with E-state index in [4.69, 9.17) is 0 Å². The molecule has 0 bridgehead atoms. The van der Waals surface area contributed by atoms with Gasteiger partial charge in [-0.25, -0.2) is 13.1 Å². The highest BCUT2D eigenvalue weighted by Gasteiger charge is 2.36. The summed E-state index contributed by atoms with van der Waals surface area (Å²) in [6.45, 7) is -0.517. The fraction of sp³-hybridized carbons (Fsp3) is 0.188. The van der Waals surface area contributed by atoms with Crippen molar-refractivity contribution < 1.29 is 35.9 Å². The Labute approximate surface area is 157 Å². The van der Waals surface area contributed by atoms with Crippen LogP contribution in [0.5, 0.6) is 5.75 Å². The van der Waals surface area contributed by atoms with E-state index >= 15 is 0 Å². The molecule has 0 fully saturated rings. The Morgan fingerprint density at radius 1 is 1.07 bits per heavy atom. The highest BCUT2D eigenvalue weighted by molar-refractivity contribution is 7.89. The molecule has 0 saturated carbocycles. The fourth-order valence-electron chi connectivity index (χ4n) is 2.51. The van der Waals surface area contributed by atoms with Crippen molar-refractivity contribution in [1.29, 1.82) is 0 Å². The average Bonchev–Trinajstić information content (AvgIpc) is 2.86. The van der Waals surface area contributed by atoms with Gasteiger partial charge in [-0.15, -0.1) is 13.2 Å². The van der Waals surface area contributed by atoms with Crippen LogP contribution in [0.4, 0.5) is 13.2 Å². The zero-order valence-electron chi connectivity index (χ0n) is 13.9. The predicted molar refractivity (Wildman–Crippen MR) is 87.9 cm³/mol. The topological polar surface area (TPSA) is 106 Å². The summed E-state index contributed by atoms with van der Waals surface area (Å²) in [5, 5.41) is 0. The molecule has 2 aromatic rings. The third-order valence-electron chi connectivity index (χ3n) is 3.73. The second-order valence-corrected chi connectivity index (χ2v) is 7.35. The quantitative estimate of drug-likeness (QED) is 0.718. The molecule has 1 aromatic heterocycles. The number of halogens is 3. The van der Waals surface area contributed by atoms with Crippen molar-refractivity contribution >= 4 is 21.8 Å². The number of hydrogen-bond donors (Lipinski definition) is 1. The molecule has 28 heavy (non-hydrogen) atoms. The first kappa shape index (κ1) is 19.8. The molecule has 12 heteroatoms. The van der Waals surface area contributed by atoms with Crippen LogP contribution in [-0.2, 0) is 10.0 Å². The number of nitrogens with zero attached hydrogens (tertiary/aromatic N) is 2. The van der Waals surface area contributed by atoms with E-state index in [1.165, 1.54) is 18.3 Å². The Morgan fingerprint density at radius 2 is 1.75 bits per heavy atom. The number of benzene rings is 1. The molecule has 1 aliphatic heterocycles. The maximum Gasteiger partial charge on any atom is 0.573 e. The lowest BCUT2D eigenvalue weighted by Gasteiger charge is -2.14. The number of sulfonamides is 1. The van der Waals surface area contributed by atoms with Crippen LogP contribution in [0.1, 0.15) is 20.8 Å². The number of amides is 2. The van der Waals surface area contributed by atoms with Crippen LogP contribution < -0.4 is 9.46 Å². The van der Waals surface area contributed by atoms with Crippen LogP contribution >= 0.6 is 0 Å². The summed E-state index contributed by atoms with van der Waals surface area (Å²) in [5.74, 6) is -1.78. The summed E-state index contributed by atoms with van der Waals surface area (Å²) >= 11 is 0. The van der Waals surface area contributed by atoms with Crippen LogP contribution in [0.2, 0.25) is 0 Å². The van der Waals surface area contributed by atoms with Crippen LogP contribution in [0.25, 0.3) is 0 Å². The van der Waals surface area contributed by atoms with E-state index in [0.29, 0.717) is 0 Å². The molecule has 1 aliphatic rings. The SMILES string of the molecule is O=C1c2cccnc2C(=O)N1CCNS(=O)(=O)c1ccc(OC(F)(F)F)cc1. The number of rotatable bonds is 6. The first-order chi connectivity index (χ1) is 13.1. The van der Waals surface area contributed by atoms with Crippen LogP contribution in [0.3, 0.4) is 0 Å². The van der Waals surface area contributed by atoms with Crippen molar-refractivity contribution in [1.82, 2.24) is 14.6 Å². The number of aromatic nitrogens is 1. The molecular formula is C16H12F3N3O5S. The van der Waals surface area contributed by atoms with E-state index < -0.39 is 33.9 Å². The summed E-state index contributed by atoms with van der Waals surface area (Å²) in [7, 11) is -4.07. The minimum Gasteiger partial charge on any atom is -0.406 e. The van der Waals surface area contributed by atoms with E-state index in [-0.39, 0.29) is 29.2 Å². The Bertz CT molecular complexity index is 988. The zero-order valence-corrected chi connectivity index (χ0v) is 14.7. The van der Waals surface area contributed by atoms with Gasteiger partial charge in [0.05, 0.1) is 10.5 Å². The molecular weight excluding hydrogens is 403 g/mol. The van der Waals surface area contributed by atoms with E-state index in [1.54, 1.807) is 0 Å². The maximum atomic E-state index is 12.2. The first-order valence-corrected chi connectivity index (χ1v) is 9.23. The largest absolute Gasteiger partial charge is 0.573 e. The van der Waals surface area contributed by atoms with Gasteiger partial charge in [0.15, 0.2) is 0 Å². The standard InChI is InChI=1S/C16H12F3N3O5S/c17-16(18,19)27-10-3-5-11(6-4-10)28(25,26)21-8-9-22-14(23)12-2-1-7-20-13(12)15(22)24/h1-7,21H,8-9H2. The molecule has 2 heterocycles. The van der Waals surface area contributed by atoms with Gasteiger partial charge >= 0.3 is 6.36 Å². The second-order valence-electron chi connectivity index (χ2n) is 5.58. The number of alkyl halides is 3. The van der Waals surface area contributed by atoms with Crippen molar-refractivity contribution in [2.45, 2.75) is 11.3 Å². The molecule has 0 aliphatic carbocycles. The number of carbonyl (C=O) groups is 2. The molecule has 0 spiro atoms. The molecule has 1 N–H and O–H groups in total. The number of fused-ring (bicyclic) bond motifs is 1. The lowest BCUT2D eigenvalue weighted by molar-refractivity contribution is -0.274. The van der Waals surface area contributed by atoms with E-state index in [1.807, 2.05) is 0 Å². The summed E-state index contributed by atoms with van der Waals surface area (Å²) in [4.78, 5) is 28.7. The minimum atomic E-state index is -4.89. The molecule has 0 atom stereocenters. The van der Waals surface area contributed by atoms with Crippen LogP contribution in [0.15, 0.2) is 47.5 Å². The minimum absolute atomic E-state index is 0.00406. The Hall–Kier alpha value is -2.99. The van der Waals surface area contributed by atoms with Crippen LogP contribution in [0, 0.1) is 0 Å². The Morgan fingerprint density at radius 3 is 2.36 bits per heavy atom. The lowest BCUT2D eigenvalue weighted by Crippen LogP contribution is -2.38. The third kappa shape index (κ3) is 4.12. The van der Waals surface area contributed by atoms with Gasteiger partial charge in [-0.1, -0.05) is 0 Å². The molecule has 8 nitrogen and oxygen atoms in total. The van der Waals surface area contributed by atoms with Gasteiger partial charge in [0.25, 0.3) is 11.8 Å². The van der Waals surface area contributed by atoms with Gasteiger partial charge in [-0.3, -0.25) is 19.5 Å². The summed E-state index contributed by atoms with van der Waals surface area (Å²) in [6, 6.07) is 6.54. The first-order valence-electron chi connectivity index (χ1n) is 7.75. The van der Waals surface area contributed by atoms with Gasteiger partial charge in [0.1, 0.15) is 11.4 Å². The van der Waals surface area contributed by atoms with Crippen molar-refractivity contribution in [2.75, 3.05) is 13.1 Å². The number of hydrogen-bond acceptors (Lipinski definition) is 6. The van der Waals surface area contributed by atoms with Gasteiger partial charge < -0.3 is 4.74 Å². The number of nitrogens with one attached hydrogen (secondary N) is 1. The average molecular weight is 415 g/mol. The number of imide groups is 1. The van der Waals surface area contributed by atoms with Crippen LogP contribution in [-0.4, -0.2) is 49.6 Å². The van der Waals surface area contributed by atoms with Crippen molar-refractivity contribution in [3.8, 4) is 5.75 Å². The summed E-state index contributed by atoms with van der Waals surface area (Å²) in [6.07, 6.45) is -3.53. The van der Waals surface area contributed by atoms with E-state index in [2.05, 4.69) is 14.4 Å². The predicted octanol–water partition coefficient (Wildman–Crippen LogP) is 1.55. The van der Waals surface area contributed by atoms with Crippen molar-refractivity contribution in [3.63, 3.8) is 0 Å². The Balaban J connectivity index is 1.62. The smallest absolute Gasteiger partial charge is 0.406 e. The monoisotopic (exact) mass is 415 g/mol. The number of ether oxygens (including phenoxy) is 1. The van der Waals surface area contributed by atoms with E-state index in [0.717, 1.165) is 29.2 Å². The zero-order chi connectivity index (χ0) is 20.5. The Kier molecular flexibility index (Phi) is 5.08. The molecule has 148 valence electrons.